The van der Waals surface area contributed by atoms with Crippen LogP contribution in [0.5, 0.6) is 0 Å². The highest BCUT2D eigenvalue weighted by Crippen LogP contribution is 2.19. The Hall–Kier alpha value is -2.00. The van der Waals surface area contributed by atoms with E-state index >= 15 is 0 Å². The van der Waals surface area contributed by atoms with Crippen LogP contribution in [0.3, 0.4) is 0 Å². The number of benzene rings is 2. The Morgan fingerprint density at radius 1 is 0.737 bits per heavy atom. The molecular formula is C16H21N3. The van der Waals surface area contributed by atoms with Crippen LogP contribution in [0.25, 0.3) is 0 Å². The molecule has 0 spiro atoms. The second-order valence-electron chi connectivity index (χ2n) is 4.37. The number of aryl methyl sites for hydroxylation is 2. The second kappa shape index (κ2) is 8.16. The van der Waals surface area contributed by atoms with Gasteiger partial charge in [0.2, 0.25) is 0 Å². The highest BCUT2D eigenvalue weighted by Gasteiger charge is 1.91. The number of rotatable bonds is 2. The van der Waals surface area contributed by atoms with Gasteiger partial charge in [0.1, 0.15) is 0 Å². The number of nitrogens with one attached hydrogen (secondary N) is 1. The zero-order valence-electron chi connectivity index (χ0n) is 12.0. The summed E-state index contributed by atoms with van der Waals surface area (Å²) in [6.07, 6.45) is 0. The van der Waals surface area contributed by atoms with Crippen molar-refractivity contribution in [2.75, 3.05) is 14.1 Å². The van der Waals surface area contributed by atoms with Gasteiger partial charge in [0.15, 0.2) is 0 Å². The lowest BCUT2D eigenvalue weighted by atomic mass is 10.2. The van der Waals surface area contributed by atoms with Gasteiger partial charge in [-0.3, -0.25) is 0 Å². The third-order valence-electron chi connectivity index (χ3n) is 2.32. The molecule has 0 saturated heterocycles. The molecule has 2 aromatic rings. The molecule has 0 atom stereocenters. The SMILES string of the molecule is CNC.Cc1ccc(N=Nc2cccc(C)c2)cc1. The first kappa shape index (κ1) is 15.1. The van der Waals surface area contributed by atoms with Gasteiger partial charge >= 0.3 is 0 Å². The van der Waals surface area contributed by atoms with Crippen LogP contribution in [-0.2, 0) is 0 Å². The van der Waals surface area contributed by atoms with E-state index in [9.17, 15) is 0 Å². The molecule has 3 nitrogen and oxygen atoms in total. The molecule has 0 aliphatic carbocycles. The number of azo groups is 1. The maximum Gasteiger partial charge on any atom is 0.0859 e. The summed E-state index contributed by atoms with van der Waals surface area (Å²) in [7, 11) is 3.75. The fourth-order valence-corrected chi connectivity index (χ4v) is 1.42. The number of hydrogen-bond acceptors (Lipinski definition) is 3. The normalized spacial score (nSPS) is 10.1. The van der Waals surface area contributed by atoms with Crippen LogP contribution in [-0.4, -0.2) is 14.1 Å². The molecule has 0 bridgehead atoms. The van der Waals surface area contributed by atoms with E-state index in [-0.39, 0.29) is 0 Å². The van der Waals surface area contributed by atoms with Gasteiger partial charge in [0.05, 0.1) is 11.4 Å². The zero-order valence-corrected chi connectivity index (χ0v) is 12.0. The second-order valence-corrected chi connectivity index (χ2v) is 4.37. The minimum Gasteiger partial charge on any atom is -0.323 e. The Kier molecular flexibility index (Phi) is 6.47. The first-order valence-corrected chi connectivity index (χ1v) is 6.29. The summed E-state index contributed by atoms with van der Waals surface area (Å²) in [5.41, 5.74) is 4.20. The number of nitrogens with zero attached hydrogens (tertiary/aromatic N) is 2. The minimum absolute atomic E-state index is 0.882. The molecule has 0 aliphatic heterocycles. The Labute approximate surface area is 115 Å². The fourth-order valence-electron chi connectivity index (χ4n) is 1.42. The van der Waals surface area contributed by atoms with Crippen LogP contribution in [0.4, 0.5) is 11.4 Å². The quantitative estimate of drug-likeness (QED) is 0.785. The summed E-state index contributed by atoms with van der Waals surface area (Å²) < 4.78 is 0. The lowest BCUT2D eigenvalue weighted by molar-refractivity contribution is 1.02. The van der Waals surface area contributed by atoms with Crippen molar-refractivity contribution in [1.82, 2.24) is 5.32 Å². The van der Waals surface area contributed by atoms with Crippen molar-refractivity contribution in [2.24, 2.45) is 10.2 Å². The smallest absolute Gasteiger partial charge is 0.0859 e. The molecule has 0 fully saturated rings. The van der Waals surface area contributed by atoms with Gasteiger partial charge in [-0.05, 0) is 57.8 Å². The predicted octanol–water partition coefficient (Wildman–Crippen LogP) is 4.55. The van der Waals surface area contributed by atoms with E-state index in [1.807, 2.05) is 69.6 Å². The van der Waals surface area contributed by atoms with Gasteiger partial charge in [-0.2, -0.15) is 10.2 Å². The van der Waals surface area contributed by atoms with Crippen molar-refractivity contribution < 1.29 is 0 Å². The highest BCUT2D eigenvalue weighted by atomic mass is 15.1. The summed E-state index contributed by atoms with van der Waals surface area (Å²) in [5.74, 6) is 0. The Morgan fingerprint density at radius 2 is 1.32 bits per heavy atom. The lowest BCUT2D eigenvalue weighted by Gasteiger charge is -1.95. The average Bonchev–Trinajstić information content (AvgIpc) is 2.39. The van der Waals surface area contributed by atoms with Crippen molar-refractivity contribution in [3.63, 3.8) is 0 Å². The van der Waals surface area contributed by atoms with E-state index < -0.39 is 0 Å². The summed E-state index contributed by atoms with van der Waals surface area (Å²) in [5, 5.41) is 11.1. The van der Waals surface area contributed by atoms with Gasteiger partial charge in [0, 0.05) is 0 Å². The minimum atomic E-state index is 0.882. The first-order valence-electron chi connectivity index (χ1n) is 6.29. The van der Waals surface area contributed by atoms with E-state index in [0.717, 1.165) is 11.4 Å². The van der Waals surface area contributed by atoms with Gasteiger partial charge in [-0.1, -0.05) is 29.8 Å². The van der Waals surface area contributed by atoms with E-state index in [4.69, 9.17) is 0 Å². The molecule has 1 N–H and O–H groups in total. The molecular weight excluding hydrogens is 234 g/mol. The first-order chi connectivity index (χ1) is 9.15. The van der Waals surface area contributed by atoms with Crippen LogP contribution in [0.1, 0.15) is 11.1 Å². The van der Waals surface area contributed by atoms with Crippen LogP contribution in [0, 0.1) is 13.8 Å². The number of hydrogen-bond donors (Lipinski definition) is 1. The van der Waals surface area contributed by atoms with E-state index in [0.29, 0.717) is 0 Å². The monoisotopic (exact) mass is 255 g/mol. The lowest BCUT2D eigenvalue weighted by Crippen LogP contribution is -1.89. The van der Waals surface area contributed by atoms with Gasteiger partial charge < -0.3 is 5.32 Å². The van der Waals surface area contributed by atoms with Crippen LogP contribution >= 0.6 is 0 Å². The predicted molar refractivity (Wildman–Crippen MR) is 81.5 cm³/mol. The molecule has 0 amide bonds. The fraction of sp³-hybridized carbons (Fsp3) is 0.250. The molecule has 2 rings (SSSR count). The summed E-state index contributed by atoms with van der Waals surface area (Å²) in [6, 6.07) is 16.0. The van der Waals surface area contributed by atoms with Crippen molar-refractivity contribution >= 4 is 11.4 Å². The molecule has 0 saturated carbocycles. The molecule has 0 heterocycles. The Balaban J connectivity index is 0.000000550. The summed E-state index contributed by atoms with van der Waals surface area (Å²) in [6.45, 7) is 4.10. The molecule has 0 radical (unpaired) electrons. The van der Waals surface area contributed by atoms with E-state index in [1.54, 1.807) is 0 Å². The Bertz CT molecular complexity index is 516. The van der Waals surface area contributed by atoms with Crippen LogP contribution < -0.4 is 5.32 Å². The van der Waals surface area contributed by atoms with E-state index in [2.05, 4.69) is 22.5 Å². The van der Waals surface area contributed by atoms with Crippen LogP contribution in [0.2, 0.25) is 0 Å². The van der Waals surface area contributed by atoms with Crippen molar-refractivity contribution in [2.45, 2.75) is 13.8 Å². The highest BCUT2D eigenvalue weighted by molar-refractivity contribution is 5.42. The molecule has 0 unspecified atom stereocenters. The summed E-state index contributed by atoms with van der Waals surface area (Å²) in [4.78, 5) is 0. The van der Waals surface area contributed by atoms with Gasteiger partial charge in [0.25, 0.3) is 0 Å². The topological polar surface area (TPSA) is 36.8 Å². The van der Waals surface area contributed by atoms with E-state index in [1.165, 1.54) is 11.1 Å². The average molecular weight is 255 g/mol. The van der Waals surface area contributed by atoms with Crippen molar-refractivity contribution in [3.8, 4) is 0 Å². The maximum atomic E-state index is 4.19. The summed E-state index contributed by atoms with van der Waals surface area (Å²) >= 11 is 0. The molecule has 0 aliphatic rings. The largest absolute Gasteiger partial charge is 0.323 e. The molecule has 3 heteroatoms. The third kappa shape index (κ3) is 5.93. The molecule has 100 valence electrons. The molecule has 0 aromatic heterocycles. The van der Waals surface area contributed by atoms with Gasteiger partial charge in [-0.15, -0.1) is 0 Å². The maximum absolute atomic E-state index is 4.19. The third-order valence-corrected chi connectivity index (χ3v) is 2.32. The van der Waals surface area contributed by atoms with Gasteiger partial charge in [-0.25, -0.2) is 0 Å². The van der Waals surface area contributed by atoms with Crippen LogP contribution in [0.15, 0.2) is 58.8 Å². The zero-order chi connectivity index (χ0) is 14.1. The molecule has 2 aromatic carbocycles. The standard InChI is InChI=1S/C14H14N2.C2H7N/c1-11-6-8-13(9-7-11)15-16-14-5-3-4-12(2)10-14;1-3-2/h3-10H,1-2H3;3H,1-2H3. The van der Waals surface area contributed by atoms with Crippen molar-refractivity contribution in [1.29, 1.82) is 0 Å². The van der Waals surface area contributed by atoms with Crippen molar-refractivity contribution in [3.05, 3.63) is 59.7 Å². The molecule has 19 heavy (non-hydrogen) atoms. The Morgan fingerprint density at radius 3 is 1.89 bits per heavy atom.